The standard InChI is InChI=1S/C15H23ClN2/c1-10-8-11(2)15(14(16)9-10)18(3)13-6-4-12(17)5-7-13/h8-9,12-13H,4-7,17H2,1-3H3. The summed E-state index contributed by atoms with van der Waals surface area (Å²) in [4.78, 5) is 2.35. The summed E-state index contributed by atoms with van der Waals surface area (Å²) in [5.74, 6) is 0. The summed E-state index contributed by atoms with van der Waals surface area (Å²) in [5, 5.41) is 0.866. The molecule has 2 rings (SSSR count). The lowest BCUT2D eigenvalue weighted by Gasteiger charge is -2.36. The third-order valence-electron chi connectivity index (χ3n) is 4.04. The first-order valence-electron chi connectivity index (χ1n) is 6.74. The first kappa shape index (κ1) is 13.7. The fraction of sp³-hybridized carbons (Fsp3) is 0.600. The van der Waals surface area contributed by atoms with Crippen molar-refractivity contribution in [3.8, 4) is 0 Å². The van der Waals surface area contributed by atoms with E-state index in [2.05, 4.69) is 37.9 Å². The van der Waals surface area contributed by atoms with Gasteiger partial charge in [-0.1, -0.05) is 17.7 Å². The van der Waals surface area contributed by atoms with Crippen molar-refractivity contribution < 1.29 is 0 Å². The molecule has 2 N–H and O–H groups in total. The highest BCUT2D eigenvalue weighted by Gasteiger charge is 2.24. The average Bonchev–Trinajstić information content (AvgIpc) is 2.28. The van der Waals surface area contributed by atoms with Gasteiger partial charge >= 0.3 is 0 Å². The number of hydrogen-bond acceptors (Lipinski definition) is 2. The summed E-state index contributed by atoms with van der Waals surface area (Å²) in [7, 11) is 2.16. The van der Waals surface area contributed by atoms with E-state index in [1.54, 1.807) is 0 Å². The topological polar surface area (TPSA) is 29.3 Å². The summed E-state index contributed by atoms with van der Waals surface area (Å²) in [5.41, 5.74) is 9.64. The Morgan fingerprint density at radius 3 is 2.33 bits per heavy atom. The second-order valence-electron chi connectivity index (χ2n) is 5.59. The molecule has 0 aliphatic heterocycles. The predicted molar refractivity (Wildman–Crippen MR) is 79.6 cm³/mol. The molecule has 100 valence electrons. The highest BCUT2D eigenvalue weighted by molar-refractivity contribution is 6.33. The van der Waals surface area contributed by atoms with Gasteiger partial charge in [-0.05, 0) is 56.7 Å². The van der Waals surface area contributed by atoms with Crippen LogP contribution in [0.25, 0.3) is 0 Å². The highest BCUT2D eigenvalue weighted by Crippen LogP contribution is 2.34. The van der Waals surface area contributed by atoms with Crippen LogP contribution in [0.15, 0.2) is 12.1 Å². The lowest BCUT2D eigenvalue weighted by Crippen LogP contribution is -2.39. The van der Waals surface area contributed by atoms with Crippen molar-refractivity contribution in [2.75, 3.05) is 11.9 Å². The Labute approximate surface area is 115 Å². The Kier molecular flexibility index (Phi) is 4.18. The van der Waals surface area contributed by atoms with Crippen molar-refractivity contribution in [1.29, 1.82) is 0 Å². The number of anilines is 1. The molecule has 0 radical (unpaired) electrons. The summed E-state index contributed by atoms with van der Waals surface area (Å²) in [6.45, 7) is 4.22. The van der Waals surface area contributed by atoms with Crippen molar-refractivity contribution in [3.05, 3.63) is 28.3 Å². The lowest BCUT2D eigenvalue weighted by atomic mass is 9.90. The van der Waals surface area contributed by atoms with Gasteiger partial charge < -0.3 is 10.6 Å². The summed E-state index contributed by atoms with van der Waals surface area (Å²) in [6, 6.07) is 5.22. The number of nitrogens with zero attached hydrogens (tertiary/aromatic N) is 1. The number of hydrogen-bond donors (Lipinski definition) is 1. The van der Waals surface area contributed by atoms with Crippen LogP contribution in [0.5, 0.6) is 0 Å². The van der Waals surface area contributed by atoms with Crippen molar-refractivity contribution in [2.45, 2.75) is 51.6 Å². The maximum atomic E-state index is 6.41. The molecule has 0 aromatic heterocycles. The van der Waals surface area contributed by atoms with Gasteiger partial charge in [-0.25, -0.2) is 0 Å². The number of halogens is 1. The number of rotatable bonds is 2. The maximum absolute atomic E-state index is 6.41. The van der Waals surface area contributed by atoms with Crippen LogP contribution in [0.3, 0.4) is 0 Å². The van der Waals surface area contributed by atoms with Crippen molar-refractivity contribution in [1.82, 2.24) is 0 Å². The minimum Gasteiger partial charge on any atom is -0.370 e. The van der Waals surface area contributed by atoms with Gasteiger partial charge in [0.15, 0.2) is 0 Å². The van der Waals surface area contributed by atoms with E-state index in [-0.39, 0.29) is 0 Å². The Hall–Kier alpha value is -0.730. The van der Waals surface area contributed by atoms with Crippen molar-refractivity contribution in [3.63, 3.8) is 0 Å². The molecule has 1 aromatic rings. The molecule has 1 fully saturated rings. The van der Waals surface area contributed by atoms with Crippen molar-refractivity contribution >= 4 is 17.3 Å². The number of aryl methyl sites for hydroxylation is 2. The first-order chi connectivity index (χ1) is 8.49. The minimum atomic E-state index is 0.393. The Bertz CT molecular complexity index is 399. The largest absolute Gasteiger partial charge is 0.370 e. The second kappa shape index (κ2) is 5.50. The van der Waals surface area contributed by atoms with Gasteiger partial charge in [0.1, 0.15) is 0 Å². The molecule has 0 atom stereocenters. The van der Waals surface area contributed by atoms with E-state index in [1.807, 2.05) is 0 Å². The van der Waals surface area contributed by atoms with E-state index >= 15 is 0 Å². The van der Waals surface area contributed by atoms with E-state index in [1.165, 1.54) is 29.7 Å². The molecule has 0 bridgehead atoms. The minimum absolute atomic E-state index is 0.393. The van der Waals surface area contributed by atoms with Crippen LogP contribution in [0.2, 0.25) is 5.02 Å². The quantitative estimate of drug-likeness (QED) is 0.885. The van der Waals surface area contributed by atoms with Gasteiger partial charge in [0.05, 0.1) is 10.7 Å². The Balaban J connectivity index is 2.21. The van der Waals surface area contributed by atoms with E-state index < -0.39 is 0 Å². The van der Waals surface area contributed by atoms with E-state index in [4.69, 9.17) is 17.3 Å². The third kappa shape index (κ3) is 2.81. The monoisotopic (exact) mass is 266 g/mol. The predicted octanol–water partition coefficient (Wildman–Crippen LogP) is 3.66. The molecule has 1 aliphatic carbocycles. The average molecular weight is 267 g/mol. The molecule has 0 saturated heterocycles. The van der Waals surface area contributed by atoms with E-state index in [9.17, 15) is 0 Å². The zero-order valence-electron chi connectivity index (χ0n) is 11.5. The second-order valence-corrected chi connectivity index (χ2v) is 6.00. The molecule has 0 spiro atoms. The molecule has 1 saturated carbocycles. The van der Waals surface area contributed by atoms with Crippen LogP contribution in [0.1, 0.15) is 36.8 Å². The molecule has 0 amide bonds. The smallest absolute Gasteiger partial charge is 0.0644 e. The zero-order valence-corrected chi connectivity index (χ0v) is 12.3. The lowest BCUT2D eigenvalue weighted by molar-refractivity contribution is 0.385. The molecule has 2 nitrogen and oxygen atoms in total. The molecule has 3 heteroatoms. The number of nitrogens with two attached hydrogens (primary N) is 1. The van der Waals surface area contributed by atoms with Gasteiger partial charge in [-0.15, -0.1) is 0 Å². The molecular weight excluding hydrogens is 244 g/mol. The maximum Gasteiger partial charge on any atom is 0.0644 e. The SMILES string of the molecule is Cc1cc(C)c(N(C)C2CCC(N)CC2)c(Cl)c1. The molecule has 1 aromatic carbocycles. The first-order valence-corrected chi connectivity index (χ1v) is 7.12. The van der Waals surface area contributed by atoms with Gasteiger partial charge in [0, 0.05) is 19.1 Å². The van der Waals surface area contributed by atoms with E-state index in [0.29, 0.717) is 12.1 Å². The molecular formula is C15H23ClN2. The van der Waals surface area contributed by atoms with Gasteiger partial charge in [-0.2, -0.15) is 0 Å². The van der Waals surface area contributed by atoms with Crippen LogP contribution in [-0.2, 0) is 0 Å². The van der Waals surface area contributed by atoms with E-state index in [0.717, 1.165) is 17.9 Å². The van der Waals surface area contributed by atoms with Gasteiger partial charge in [-0.3, -0.25) is 0 Å². The highest BCUT2D eigenvalue weighted by atomic mass is 35.5. The van der Waals surface area contributed by atoms with Gasteiger partial charge in [0.25, 0.3) is 0 Å². The van der Waals surface area contributed by atoms with Crippen molar-refractivity contribution in [2.24, 2.45) is 5.73 Å². The fourth-order valence-corrected chi connectivity index (χ4v) is 3.48. The Morgan fingerprint density at radius 2 is 1.78 bits per heavy atom. The molecule has 0 heterocycles. The van der Waals surface area contributed by atoms with Crippen LogP contribution < -0.4 is 10.6 Å². The molecule has 18 heavy (non-hydrogen) atoms. The van der Waals surface area contributed by atoms with Crippen LogP contribution in [0.4, 0.5) is 5.69 Å². The van der Waals surface area contributed by atoms with Gasteiger partial charge in [0.2, 0.25) is 0 Å². The summed E-state index contributed by atoms with van der Waals surface area (Å²) >= 11 is 6.41. The molecule has 1 aliphatic rings. The van der Waals surface area contributed by atoms with Crippen LogP contribution in [0, 0.1) is 13.8 Å². The van der Waals surface area contributed by atoms with Crippen LogP contribution in [-0.4, -0.2) is 19.1 Å². The summed E-state index contributed by atoms with van der Waals surface area (Å²) in [6.07, 6.45) is 4.58. The zero-order chi connectivity index (χ0) is 13.3. The number of benzene rings is 1. The normalized spacial score (nSPS) is 24.1. The fourth-order valence-electron chi connectivity index (χ4n) is 3.03. The molecule has 0 unspecified atom stereocenters. The van der Waals surface area contributed by atoms with Crippen LogP contribution >= 0.6 is 11.6 Å². The summed E-state index contributed by atoms with van der Waals surface area (Å²) < 4.78 is 0. The third-order valence-corrected chi connectivity index (χ3v) is 4.33. The Morgan fingerprint density at radius 1 is 1.17 bits per heavy atom.